The van der Waals surface area contributed by atoms with Gasteiger partial charge in [-0.1, -0.05) is 37.2 Å². The molecular formula is C22H20F2N4O5. The smallest absolute Gasteiger partial charge is 0.326 e. The molecule has 0 saturated carbocycles. The maximum Gasteiger partial charge on any atom is 0.326 e. The van der Waals surface area contributed by atoms with Gasteiger partial charge in [0.1, 0.15) is 29.1 Å². The third-order valence-corrected chi connectivity index (χ3v) is 4.59. The van der Waals surface area contributed by atoms with E-state index in [0.29, 0.717) is 16.9 Å². The van der Waals surface area contributed by atoms with Crippen molar-refractivity contribution >= 4 is 29.3 Å². The molecule has 3 aromatic rings. The quantitative estimate of drug-likeness (QED) is 0.421. The number of halogens is 2. The van der Waals surface area contributed by atoms with Crippen LogP contribution in [0.25, 0.3) is 11.3 Å². The minimum absolute atomic E-state index is 0.162. The largest absolute Gasteiger partial charge is 0.480 e. The molecule has 0 saturated heterocycles. The summed E-state index contributed by atoms with van der Waals surface area (Å²) in [5.74, 6) is -4.19. The number of para-hydroxylation sites is 1. The van der Waals surface area contributed by atoms with Crippen molar-refractivity contribution in [1.29, 1.82) is 0 Å². The summed E-state index contributed by atoms with van der Waals surface area (Å²) >= 11 is 0. The lowest BCUT2D eigenvalue weighted by Crippen LogP contribution is -2.44. The third-order valence-electron chi connectivity index (χ3n) is 4.59. The van der Waals surface area contributed by atoms with Crippen LogP contribution in [0.2, 0.25) is 0 Å². The molecule has 1 atom stereocenters. The predicted molar refractivity (Wildman–Crippen MR) is 115 cm³/mol. The summed E-state index contributed by atoms with van der Waals surface area (Å²) in [6.45, 7) is 3.32. The number of anilines is 2. The van der Waals surface area contributed by atoms with Crippen LogP contribution in [0, 0.1) is 17.6 Å². The Morgan fingerprint density at radius 1 is 1.00 bits per heavy atom. The fourth-order valence-electron chi connectivity index (χ4n) is 2.86. The van der Waals surface area contributed by atoms with Gasteiger partial charge < -0.3 is 25.6 Å². The monoisotopic (exact) mass is 458 g/mol. The highest BCUT2D eigenvalue weighted by Crippen LogP contribution is 2.22. The molecule has 1 unspecified atom stereocenters. The number of urea groups is 1. The fourth-order valence-corrected chi connectivity index (χ4v) is 2.86. The van der Waals surface area contributed by atoms with E-state index in [-0.39, 0.29) is 11.7 Å². The number of aromatic nitrogens is 1. The van der Waals surface area contributed by atoms with Crippen molar-refractivity contribution in [2.75, 3.05) is 10.6 Å². The van der Waals surface area contributed by atoms with E-state index in [2.05, 4.69) is 21.1 Å². The molecule has 0 aliphatic heterocycles. The first kappa shape index (κ1) is 23.4. The Kier molecular flexibility index (Phi) is 7.01. The first-order valence-electron chi connectivity index (χ1n) is 9.78. The van der Waals surface area contributed by atoms with Crippen LogP contribution < -0.4 is 16.0 Å². The van der Waals surface area contributed by atoms with Crippen LogP contribution in [0.5, 0.6) is 0 Å². The normalized spacial score (nSPS) is 11.7. The van der Waals surface area contributed by atoms with E-state index in [1.807, 2.05) is 0 Å². The minimum Gasteiger partial charge on any atom is -0.480 e. The van der Waals surface area contributed by atoms with E-state index in [0.717, 1.165) is 12.1 Å². The van der Waals surface area contributed by atoms with Crippen LogP contribution >= 0.6 is 0 Å². The minimum atomic E-state index is -1.16. The number of carbonyl (C=O) groups is 3. The summed E-state index contributed by atoms with van der Waals surface area (Å²) in [7, 11) is 0. The van der Waals surface area contributed by atoms with Gasteiger partial charge in [-0.3, -0.25) is 4.79 Å². The van der Waals surface area contributed by atoms with Crippen molar-refractivity contribution in [3.8, 4) is 11.3 Å². The number of nitrogens with zero attached hydrogens (tertiary/aromatic N) is 1. The van der Waals surface area contributed by atoms with E-state index in [1.165, 1.54) is 24.3 Å². The Morgan fingerprint density at radius 2 is 1.64 bits per heavy atom. The predicted octanol–water partition coefficient (Wildman–Crippen LogP) is 4.10. The summed E-state index contributed by atoms with van der Waals surface area (Å²) in [6.07, 6.45) is 0. The molecular weight excluding hydrogens is 438 g/mol. The molecule has 1 heterocycles. The average Bonchev–Trinajstić information content (AvgIpc) is 3.25. The molecule has 11 heteroatoms. The Bertz CT molecular complexity index is 1160. The molecule has 0 aliphatic rings. The van der Waals surface area contributed by atoms with Gasteiger partial charge in [0.05, 0.1) is 0 Å². The summed E-state index contributed by atoms with van der Waals surface area (Å²) in [5.41, 5.74) is 0.613. The van der Waals surface area contributed by atoms with Gasteiger partial charge in [0.15, 0.2) is 0 Å². The second kappa shape index (κ2) is 9.90. The van der Waals surface area contributed by atoms with E-state index < -0.39 is 41.3 Å². The topological polar surface area (TPSA) is 134 Å². The molecule has 0 aliphatic carbocycles. The first-order chi connectivity index (χ1) is 15.7. The number of hydrogen-bond acceptors (Lipinski definition) is 5. The van der Waals surface area contributed by atoms with Gasteiger partial charge in [0, 0.05) is 17.3 Å². The maximum absolute atomic E-state index is 13.6. The number of benzene rings is 2. The van der Waals surface area contributed by atoms with Gasteiger partial charge in [-0.15, -0.1) is 0 Å². The SMILES string of the molecule is CC(C)C(NC(=O)c1cc(-c2ccc(NC(=O)Nc3c(F)cccc3F)cc2)no1)C(=O)O. The molecule has 4 N–H and O–H groups in total. The number of hydrogen-bond donors (Lipinski definition) is 4. The van der Waals surface area contributed by atoms with Crippen molar-refractivity contribution in [3.05, 3.63) is 65.9 Å². The van der Waals surface area contributed by atoms with Gasteiger partial charge >= 0.3 is 12.0 Å². The number of carboxylic acid groups (broad SMARTS) is 1. The number of carboxylic acids is 1. The Morgan fingerprint density at radius 3 is 2.21 bits per heavy atom. The third kappa shape index (κ3) is 5.70. The van der Waals surface area contributed by atoms with Crippen molar-refractivity contribution in [1.82, 2.24) is 10.5 Å². The molecule has 0 radical (unpaired) electrons. The average molecular weight is 458 g/mol. The molecule has 3 amide bonds. The van der Waals surface area contributed by atoms with Crippen molar-refractivity contribution in [2.45, 2.75) is 19.9 Å². The van der Waals surface area contributed by atoms with E-state index in [4.69, 9.17) is 4.52 Å². The standard InChI is InChI=1S/C22H20F2N4O5/c1-11(2)18(21(30)31)26-20(29)17-10-16(28-33-17)12-6-8-13(9-7-12)25-22(32)27-19-14(23)4-3-5-15(19)24/h3-11,18H,1-2H3,(H,26,29)(H,30,31)(H2,25,27,32). The maximum atomic E-state index is 13.6. The van der Waals surface area contributed by atoms with Crippen LogP contribution in [0.1, 0.15) is 24.4 Å². The highest BCUT2D eigenvalue weighted by Gasteiger charge is 2.26. The summed E-state index contributed by atoms with van der Waals surface area (Å²) in [5, 5.41) is 19.9. The second-order valence-corrected chi connectivity index (χ2v) is 7.36. The molecule has 3 rings (SSSR count). The zero-order valence-electron chi connectivity index (χ0n) is 17.6. The number of rotatable bonds is 7. The molecule has 33 heavy (non-hydrogen) atoms. The molecule has 0 bridgehead atoms. The van der Waals surface area contributed by atoms with Crippen LogP contribution in [0.4, 0.5) is 25.0 Å². The van der Waals surface area contributed by atoms with Gasteiger partial charge in [-0.2, -0.15) is 0 Å². The second-order valence-electron chi connectivity index (χ2n) is 7.36. The van der Waals surface area contributed by atoms with Crippen molar-refractivity contribution in [2.24, 2.45) is 5.92 Å². The molecule has 172 valence electrons. The van der Waals surface area contributed by atoms with Crippen molar-refractivity contribution < 1.29 is 32.8 Å². The Labute approximate surface area is 186 Å². The van der Waals surface area contributed by atoms with E-state index >= 15 is 0 Å². The lowest BCUT2D eigenvalue weighted by Gasteiger charge is -2.16. The van der Waals surface area contributed by atoms with E-state index in [1.54, 1.807) is 26.0 Å². The van der Waals surface area contributed by atoms with Gasteiger partial charge in [-0.05, 0) is 30.2 Å². The highest BCUT2D eigenvalue weighted by atomic mass is 19.1. The van der Waals surface area contributed by atoms with Gasteiger partial charge in [0.25, 0.3) is 5.91 Å². The lowest BCUT2D eigenvalue weighted by molar-refractivity contribution is -0.140. The molecule has 9 nitrogen and oxygen atoms in total. The lowest BCUT2D eigenvalue weighted by atomic mass is 10.0. The molecule has 0 spiro atoms. The number of nitrogens with one attached hydrogen (secondary N) is 3. The summed E-state index contributed by atoms with van der Waals surface area (Å²) < 4.78 is 32.3. The molecule has 0 fully saturated rings. The van der Waals surface area contributed by atoms with E-state index in [9.17, 15) is 28.3 Å². The number of carbonyl (C=O) groups excluding carboxylic acids is 2. The van der Waals surface area contributed by atoms with Gasteiger partial charge in [-0.25, -0.2) is 18.4 Å². The Hall–Kier alpha value is -4.28. The number of aliphatic carboxylic acids is 1. The van der Waals surface area contributed by atoms with Crippen LogP contribution in [0.15, 0.2) is 53.1 Å². The Balaban J connectivity index is 1.65. The number of amides is 3. The zero-order chi connectivity index (χ0) is 24.1. The zero-order valence-corrected chi connectivity index (χ0v) is 17.6. The first-order valence-corrected chi connectivity index (χ1v) is 9.78. The molecule has 2 aromatic carbocycles. The summed E-state index contributed by atoms with van der Waals surface area (Å²) in [4.78, 5) is 35.5. The molecule has 1 aromatic heterocycles. The fraction of sp³-hybridized carbons (Fsp3) is 0.182. The van der Waals surface area contributed by atoms with Crippen LogP contribution in [0.3, 0.4) is 0 Å². The summed E-state index contributed by atoms with van der Waals surface area (Å²) in [6, 6.07) is 8.83. The van der Waals surface area contributed by atoms with Crippen molar-refractivity contribution in [3.63, 3.8) is 0 Å². The van der Waals surface area contributed by atoms with Gasteiger partial charge in [0.2, 0.25) is 5.76 Å². The van der Waals surface area contributed by atoms with Crippen LogP contribution in [-0.4, -0.2) is 34.2 Å². The van der Waals surface area contributed by atoms with Crippen LogP contribution in [-0.2, 0) is 4.79 Å². The highest BCUT2D eigenvalue weighted by molar-refractivity contribution is 6.00.